The number of nitrogens with one attached hydrogen (secondary N) is 1. The monoisotopic (exact) mass is 301 g/mol. The van der Waals surface area contributed by atoms with E-state index in [0.717, 1.165) is 16.8 Å². The average molecular weight is 302 g/mol. The van der Waals surface area contributed by atoms with Crippen molar-refractivity contribution in [1.82, 2.24) is 4.98 Å². The molecule has 17 heavy (non-hydrogen) atoms. The Kier molecular flexibility index (Phi) is 5.71. The molecule has 1 atom stereocenters. The lowest BCUT2D eigenvalue weighted by atomic mass is 10.1. The van der Waals surface area contributed by atoms with Crippen molar-refractivity contribution in [3.63, 3.8) is 0 Å². The summed E-state index contributed by atoms with van der Waals surface area (Å²) in [5.41, 5.74) is 7.43. The minimum Gasteiger partial charge on any atom is -0.396 e. The van der Waals surface area contributed by atoms with Crippen molar-refractivity contribution in [1.29, 1.82) is 0 Å². The molecule has 1 aromatic rings. The molecule has 0 aromatic carbocycles. The Balaban J connectivity index is 2.78. The molecule has 0 saturated carbocycles. The Morgan fingerprint density at radius 3 is 2.71 bits per heavy atom. The van der Waals surface area contributed by atoms with Crippen LogP contribution in [0.3, 0.4) is 0 Å². The van der Waals surface area contributed by atoms with Gasteiger partial charge in [-0.25, -0.2) is 0 Å². The normalized spacial score (nSPS) is 12.8. The first-order valence-corrected chi connectivity index (χ1v) is 6.58. The van der Waals surface area contributed by atoms with Gasteiger partial charge in [0.2, 0.25) is 0 Å². The van der Waals surface area contributed by atoms with Gasteiger partial charge in [-0.2, -0.15) is 0 Å². The molecule has 0 aliphatic carbocycles. The Hall–Kier alpha value is -0.810. The van der Waals surface area contributed by atoms with Crippen molar-refractivity contribution in [2.45, 2.75) is 26.8 Å². The number of rotatable bonds is 6. The van der Waals surface area contributed by atoms with Crippen LogP contribution in [0, 0.1) is 5.92 Å². The van der Waals surface area contributed by atoms with E-state index in [1.165, 1.54) is 0 Å². The van der Waals surface area contributed by atoms with E-state index in [-0.39, 0.29) is 6.04 Å². The first-order valence-electron chi connectivity index (χ1n) is 5.79. The lowest BCUT2D eigenvalue weighted by Gasteiger charge is -2.24. The van der Waals surface area contributed by atoms with Crippen LogP contribution < -0.4 is 11.1 Å². The van der Waals surface area contributed by atoms with E-state index in [1.807, 2.05) is 6.92 Å². The summed E-state index contributed by atoms with van der Waals surface area (Å²) in [6, 6.07) is 0.232. The van der Waals surface area contributed by atoms with Gasteiger partial charge < -0.3 is 15.8 Å². The second-order valence-electron chi connectivity index (χ2n) is 4.24. The van der Waals surface area contributed by atoms with E-state index in [1.54, 1.807) is 12.4 Å². The lowest BCUT2D eigenvalue weighted by molar-refractivity contribution is 0.127. The number of nitrogens with two attached hydrogens (primary N) is 1. The van der Waals surface area contributed by atoms with Gasteiger partial charge in [-0.15, -0.1) is 0 Å². The van der Waals surface area contributed by atoms with Crippen LogP contribution in [0.1, 0.15) is 20.8 Å². The fourth-order valence-electron chi connectivity index (χ4n) is 1.43. The molecule has 0 fully saturated rings. The molecule has 0 amide bonds. The number of pyridine rings is 1. The van der Waals surface area contributed by atoms with Crippen LogP contribution in [0.15, 0.2) is 16.9 Å². The predicted molar refractivity (Wildman–Crippen MR) is 75.1 cm³/mol. The van der Waals surface area contributed by atoms with Gasteiger partial charge in [0, 0.05) is 12.8 Å². The highest BCUT2D eigenvalue weighted by Gasteiger charge is 2.16. The van der Waals surface area contributed by atoms with Crippen molar-refractivity contribution in [2.75, 3.05) is 24.3 Å². The summed E-state index contributed by atoms with van der Waals surface area (Å²) in [4.78, 5) is 4.02. The van der Waals surface area contributed by atoms with E-state index in [9.17, 15) is 0 Å². The topological polar surface area (TPSA) is 60.2 Å². The van der Waals surface area contributed by atoms with Crippen molar-refractivity contribution < 1.29 is 4.74 Å². The molecule has 1 aromatic heterocycles. The number of nitrogen functional groups attached to an aromatic ring is 1. The molecule has 4 nitrogen and oxygen atoms in total. The summed E-state index contributed by atoms with van der Waals surface area (Å²) in [6.07, 6.45) is 3.38. The van der Waals surface area contributed by atoms with Gasteiger partial charge in [-0.05, 0) is 28.8 Å². The highest BCUT2D eigenvalue weighted by molar-refractivity contribution is 9.10. The quantitative estimate of drug-likeness (QED) is 0.848. The minimum atomic E-state index is 0.232. The smallest absolute Gasteiger partial charge is 0.0753 e. The molecule has 1 heterocycles. The van der Waals surface area contributed by atoms with Gasteiger partial charge in [0.15, 0.2) is 0 Å². The first-order chi connectivity index (χ1) is 8.06. The molecule has 0 aliphatic heterocycles. The van der Waals surface area contributed by atoms with Gasteiger partial charge in [-0.3, -0.25) is 4.98 Å². The summed E-state index contributed by atoms with van der Waals surface area (Å²) in [5, 5.41) is 3.41. The first kappa shape index (κ1) is 14.3. The molecular formula is C12H20BrN3O. The largest absolute Gasteiger partial charge is 0.396 e. The van der Waals surface area contributed by atoms with Gasteiger partial charge in [0.1, 0.15) is 0 Å². The maximum Gasteiger partial charge on any atom is 0.0753 e. The summed E-state index contributed by atoms with van der Waals surface area (Å²) in [6.45, 7) is 7.69. The van der Waals surface area contributed by atoms with Crippen molar-refractivity contribution in [2.24, 2.45) is 5.92 Å². The number of nitrogens with zero attached hydrogens (tertiary/aromatic N) is 1. The van der Waals surface area contributed by atoms with Crippen molar-refractivity contribution in [3.8, 4) is 0 Å². The van der Waals surface area contributed by atoms with Crippen LogP contribution in [0.2, 0.25) is 0 Å². The molecule has 1 rings (SSSR count). The van der Waals surface area contributed by atoms with E-state index in [4.69, 9.17) is 10.5 Å². The Labute approximate surface area is 111 Å². The molecule has 5 heteroatoms. The van der Waals surface area contributed by atoms with Gasteiger partial charge >= 0.3 is 0 Å². The number of hydrogen-bond acceptors (Lipinski definition) is 4. The number of aromatic nitrogens is 1. The van der Waals surface area contributed by atoms with E-state index in [0.29, 0.717) is 18.2 Å². The zero-order chi connectivity index (χ0) is 12.8. The summed E-state index contributed by atoms with van der Waals surface area (Å²) < 4.78 is 6.35. The Morgan fingerprint density at radius 1 is 1.47 bits per heavy atom. The van der Waals surface area contributed by atoms with Crippen LogP contribution >= 0.6 is 15.9 Å². The molecule has 0 bridgehead atoms. The molecule has 0 aliphatic rings. The molecular weight excluding hydrogens is 282 g/mol. The molecule has 0 saturated heterocycles. The highest BCUT2D eigenvalue weighted by Crippen LogP contribution is 2.28. The Morgan fingerprint density at radius 2 is 2.18 bits per heavy atom. The maximum absolute atomic E-state index is 5.90. The molecule has 1 unspecified atom stereocenters. The van der Waals surface area contributed by atoms with Crippen LogP contribution in [0.25, 0.3) is 0 Å². The lowest BCUT2D eigenvalue weighted by Crippen LogP contribution is -2.31. The number of ether oxygens (including phenoxy) is 1. The minimum absolute atomic E-state index is 0.232. The SMILES string of the molecule is CCOCC(Nc1c(N)cncc1Br)C(C)C. The predicted octanol–water partition coefficient (Wildman–Crippen LogP) is 2.90. The van der Waals surface area contributed by atoms with Crippen LogP contribution in [0.4, 0.5) is 11.4 Å². The van der Waals surface area contributed by atoms with E-state index >= 15 is 0 Å². The second-order valence-corrected chi connectivity index (χ2v) is 5.09. The highest BCUT2D eigenvalue weighted by atomic mass is 79.9. The number of hydrogen-bond donors (Lipinski definition) is 2. The maximum atomic E-state index is 5.90. The summed E-state index contributed by atoms with van der Waals surface area (Å²) in [5.74, 6) is 0.459. The summed E-state index contributed by atoms with van der Waals surface area (Å²) in [7, 11) is 0. The number of halogens is 1. The molecule has 96 valence electrons. The van der Waals surface area contributed by atoms with Crippen LogP contribution in [-0.4, -0.2) is 24.2 Å². The third kappa shape index (κ3) is 4.16. The van der Waals surface area contributed by atoms with Crippen molar-refractivity contribution >= 4 is 27.3 Å². The second kappa shape index (κ2) is 6.81. The fourth-order valence-corrected chi connectivity index (χ4v) is 1.89. The van der Waals surface area contributed by atoms with Gasteiger partial charge in [0.05, 0.1) is 34.7 Å². The van der Waals surface area contributed by atoms with Gasteiger partial charge in [0.25, 0.3) is 0 Å². The zero-order valence-corrected chi connectivity index (χ0v) is 12.1. The molecule has 3 N–H and O–H groups in total. The summed E-state index contributed by atoms with van der Waals surface area (Å²) >= 11 is 3.45. The fraction of sp³-hybridized carbons (Fsp3) is 0.583. The van der Waals surface area contributed by atoms with Crippen LogP contribution in [0.5, 0.6) is 0 Å². The third-order valence-corrected chi connectivity index (χ3v) is 3.17. The molecule has 0 radical (unpaired) electrons. The average Bonchev–Trinajstić information content (AvgIpc) is 2.27. The van der Waals surface area contributed by atoms with Crippen molar-refractivity contribution in [3.05, 3.63) is 16.9 Å². The van der Waals surface area contributed by atoms with E-state index in [2.05, 4.69) is 40.1 Å². The zero-order valence-electron chi connectivity index (χ0n) is 10.5. The number of anilines is 2. The van der Waals surface area contributed by atoms with Crippen LogP contribution in [-0.2, 0) is 4.74 Å². The molecule has 0 spiro atoms. The third-order valence-electron chi connectivity index (χ3n) is 2.57. The standard InChI is InChI=1S/C12H20BrN3O/c1-4-17-7-11(8(2)3)16-12-9(13)5-15-6-10(12)14/h5-6,8,11H,4,7,14H2,1-3H3,(H,15,16). The Bertz CT molecular complexity index is 337. The van der Waals surface area contributed by atoms with E-state index < -0.39 is 0 Å². The van der Waals surface area contributed by atoms with Gasteiger partial charge in [-0.1, -0.05) is 13.8 Å².